The second-order valence-electron chi connectivity index (χ2n) is 6.13. The largest absolute Gasteiger partial charge is 0.481 e. The molecule has 2 saturated heterocycles. The van der Waals surface area contributed by atoms with Gasteiger partial charge < -0.3 is 20.1 Å². The van der Waals surface area contributed by atoms with Crippen LogP contribution in [0.5, 0.6) is 0 Å². The number of nitrogens with one attached hydrogen (secondary N) is 1. The Morgan fingerprint density at radius 3 is 2.65 bits per heavy atom. The van der Waals surface area contributed by atoms with Crippen LogP contribution in [0.1, 0.15) is 33.1 Å². The monoisotopic (exact) mass is 284 g/mol. The summed E-state index contributed by atoms with van der Waals surface area (Å²) in [6.45, 7) is 5.60. The summed E-state index contributed by atoms with van der Waals surface area (Å²) in [6.07, 6.45) is 2.45. The molecule has 0 aromatic carbocycles. The predicted molar refractivity (Wildman–Crippen MR) is 73.4 cm³/mol. The minimum absolute atomic E-state index is 0.131. The second-order valence-corrected chi connectivity index (χ2v) is 6.13. The van der Waals surface area contributed by atoms with Crippen LogP contribution in [0.25, 0.3) is 0 Å². The van der Waals surface area contributed by atoms with Crippen LogP contribution in [0.2, 0.25) is 0 Å². The maximum absolute atomic E-state index is 12.3. The number of hydrogen-bond donors (Lipinski definition) is 2. The molecular weight excluding hydrogens is 260 g/mol. The molecule has 0 spiro atoms. The van der Waals surface area contributed by atoms with Crippen molar-refractivity contribution < 1.29 is 19.4 Å². The molecule has 2 aliphatic rings. The van der Waals surface area contributed by atoms with E-state index in [1.807, 2.05) is 13.8 Å². The number of carbonyl (C=O) groups is 2. The maximum atomic E-state index is 12.3. The standard InChI is InChI=1S/C14H24N2O4/c1-9-5-11(13(17)18)8-16(7-9)14(19)15-12-3-4-20-10(2)6-12/h9-12H,3-8H2,1-2H3,(H,15,19)(H,17,18). The van der Waals surface area contributed by atoms with E-state index in [0.717, 1.165) is 12.8 Å². The van der Waals surface area contributed by atoms with Crippen LogP contribution in [-0.4, -0.2) is 53.8 Å². The molecule has 6 heteroatoms. The first-order valence-corrected chi connectivity index (χ1v) is 7.35. The van der Waals surface area contributed by atoms with E-state index < -0.39 is 11.9 Å². The Hall–Kier alpha value is -1.30. The SMILES string of the molecule is CC1CC(C(=O)O)CN(C(=O)NC2CCOC(C)C2)C1. The van der Waals surface area contributed by atoms with E-state index in [1.54, 1.807) is 4.90 Å². The van der Waals surface area contributed by atoms with Crippen molar-refractivity contribution >= 4 is 12.0 Å². The number of carbonyl (C=O) groups excluding carboxylic acids is 1. The first-order valence-electron chi connectivity index (χ1n) is 7.35. The topological polar surface area (TPSA) is 78.9 Å². The molecule has 0 aromatic heterocycles. The summed E-state index contributed by atoms with van der Waals surface area (Å²) < 4.78 is 5.46. The lowest BCUT2D eigenvalue weighted by atomic mass is 9.91. The van der Waals surface area contributed by atoms with Crippen LogP contribution in [0.4, 0.5) is 4.79 Å². The van der Waals surface area contributed by atoms with E-state index in [4.69, 9.17) is 9.84 Å². The van der Waals surface area contributed by atoms with Crippen LogP contribution in [0.3, 0.4) is 0 Å². The number of piperidine rings is 1. The zero-order valence-corrected chi connectivity index (χ0v) is 12.2. The van der Waals surface area contributed by atoms with Crippen LogP contribution < -0.4 is 5.32 Å². The molecule has 114 valence electrons. The summed E-state index contributed by atoms with van der Waals surface area (Å²) in [7, 11) is 0. The molecule has 0 aromatic rings. The third-order valence-corrected chi connectivity index (χ3v) is 4.11. The van der Waals surface area contributed by atoms with Crippen LogP contribution in [0, 0.1) is 11.8 Å². The zero-order valence-electron chi connectivity index (χ0n) is 12.2. The van der Waals surface area contributed by atoms with Gasteiger partial charge in [-0.25, -0.2) is 4.79 Å². The third-order valence-electron chi connectivity index (χ3n) is 4.11. The lowest BCUT2D eigenvalue weighted by Crippen LogP contribution is -2.52. The molecule has 4 unspecified atom stereocenters. The molecule has 2 fully saturated rings. The average Bonchev–Trinajstić information content (AvgIpc) is 2.37. The summed E-state index contributed by atoms with van der Waals surface area (Å²) in [5.74, 6) is -1.03. The molecule has 6 nitrogen and oxygen atoms in total. The number of likely N-dealkylation sites (tertiary alicyclic amines) is 1. The minimum atomic E-state index is -0.811. The quantitative estimate of drug-likeness (QED) is 0.801. The number of urea groups is 1. The molecule has 0 radical (unpaired) electrons. The summed E-state index contributed by atoms with van der Waals surface area (Å²) >= 11 is 0. The highest BCUT2D eigenvalue weighted by Gasteiger charge is 2.33. The van der Waals surface area contributed by atoms with E-state index >= 15 is 0 Å². The van der Waals surface area contributed by atoms with Gasteiger partial charge in [-0.05, 0) is 32.1 Å². The van der Waals surface area contributed by atoms with Crippen molar-refractivity contribution in [3.8, 4) is 0 Å². The summed E-state index contributed by atoms with van der Waals surface area (Å²) in [6, 6.07) is -0.00587. The van der Waals surface area contributed by atoms with Crippen molar-refractivity contribution in [2.45, 2.75) is 45.3 Å². The highest BCUT2D eigenvalue weighted by molar-refractivity contribution is 5.76. The first-order chi connectivity index (χ1) is 9.45. The van der Waals surface area contributed by atoms with Gasteiger partial charge in [0.2, 0.25) is 0 Å². The van der Waals surface area contributed by atoms with Gasteiger partial charge in [0.15, 0.2) is 0 Å². The van der Waals surface area contributed by atoms with E-state index in [1.165, 1.54) is 0 Å². The molecule has 2 rings (SSSR count). The summed E-state index contributed by atoms with van der Waals surface area (Å²) in [4.78, 5) is 25.0. The minimum Gasteiger partial charge on any atom is -0.481 e. The molecule has 2 heterocycles. The van der Waals surface area contributed by atoms with E-state index in [9.17, 15) is 9.59 Å². The summed E-state index contributed by atoms with van der Waals surface area (Å²) in [5, 5.41) is 12.1. The van der Waals surface area contributed by atoms with Gasteiger partial charge in [-0.1, -0.05) is 6.92 Å². The Morgan fingerprint density at radius 2 is 2.00 bits per heavy atom. The van der Waals surface area contributed by atoms with Gasteiger partial charge in [-0.2, -0.15) is 0 Å². The van der Waals surface area contributed by atoms with Gasteiger partial charge in [-0.15, -0.1) is 0 Å². The lowest BCUT2D eigenvalue weighted by molar-refractivity contribution is -0.143. The van der Waals surface area contributed by atoms with Crippen molar-refractivity contribution in [1.29, 1.82) is 0 Å². The number of amides is 2. The van der Waals surface area contributed by atoms with E-state index in [2.05, 4.69) is 5.32 Å². The van der Waals surface area contributed by atoms with Gasteiger partial charge in [0, 0.05) is 25.7 Å². The molecule has 20 heavy (non-hydrogen) atoms. The van der Waals surface area contributed by atoms with Crippen LogP contribution >= 0.6 is 0 Å². The number of nitrogens with zero attached hydrogens (tertiary/aromatic N) is 1. The van der Waals surface area contributed by atoms with Crippen molar-refractivity contribution in [1.82, 2.24) is 10.2 Å². The number of rotatable bonds is 2. The van der Waals surface area contributed by atoms with Gasteiger partial charge in [-0.3, -0.25) is 4.79 Å². The fraction of sp³-hybridized carbons (Fsp3) is 0.857. The van der Waals surface area contributed by atoms with E-state index in [0.29, 0.717) is 26.1 Å². The summed E-state index contributed by atoms with van der Waals surface area (Å²) in [5.41, 5.74) is 0. The number of hydrogen-bond acceptors (Lipinski definition) is 3. The van der Waals surface area contributed by atoms with Crippen LogP contribution in [-0.2, 0) is 9.53 Å². The fourth-order valence-electron chi connectivity index (χ4n) is 3.09. The van der Waals surface area contributed by atoms with Crippen LogP contribution in [0.15, 0.2) is 0 Å². The second kappa shape index (κ2) is 6.43. The molecule has 4 atom stereocenters. The number of ether oxygens (including phenoxy) is 1. The maximum Gasteiger partial charge on any atom is 0.317 e. The third kappa shape index (κ3) is 3.85. The fourth-order valence-corrected chi connectivity index (χ4v) is 3.09. The van der Waals surface area contributed by atoms with Crippen molar-refractivity contribution in [2.75, 3.05) is 19.7 Å². The number of carboxylic acid groups (broad SMARTS) is 1. The van der Waals surface area contributed by atoms with E-state index in [-0.39, 0.29) is 24.1 Å². The molecule has 2 amide bonds. The lowest BCUT2D eigenvalue weighted by Gasteiger charge is -2.36. The molecule has 0 saturated carbocycles. The van der Waals surface area contributed by atoms with Gasteiger partial charge in [0.25, 0.3) is 0 Å². The normalized spacial score (nSPS) is 34.6. The van der Waals surface area contributed by atoms with Crippen molar-refractivity contribution in [3.63, 3.8) is 0 Å². The molecular formula is C14H24N2O4. The van der Waals surface area contributed by atoms with Crippen molar-refractivity contribution in [3.05, 3.63) is 0 Å². The Morgan fingerprint density at radius 1 is 1.25 bits per heavy atom. The Balaban J connectivity index is 1.89. The Kier molecular flexibility index (Phi) is 4.86. The first kappa shape index (κ1) is 15.1. The number of carboxylic acids is 1. The zero-order chi connectivity index (χ0) is 14.7. The Labute approximate surface area is 119 Å². The number of aliphatic carboxylic acids is 1. The highest BCUT2D eigenvalue weighted by atomic mass is 16.5. The predicted octanol–water partition coefficient (Wildman–Crippen LogP) is 1.31. The van der Waals surface area contributed by atoms with Crippen molar-refractivity contribution in [2.24, 2.45) is 11.8 Å². The van der Waals surface area contributed by atoms with Gasteiger partial charge >= 0.3 is 12.0 Å². The molecule has 0 bridgehead atoms. The molecule has 2 N–H and O–H groups in total. The smallest absolute Gasteiger partial charge is 0.317 e. The van der Waals surface area contributed by atoms with Gasteiger partial charge in [0.05, 0.1) is 12.0 Å². The Bertz CT molecular complexity index is 374. The molecule has 0 aliphatic carbocycles. The average molecular weight is 284 g/mol. The highest BCUT2D eigenvalue weighted by Crippen LogP contribution is 2.22. The van der Waals surface area contributed by atoms with Gasteiger partial charge in [0.1, 0.15) is 0 Å². The molecule has 2 aliphatic heterocycles.